The van der Waals surface area contributed by atoms with Gasteiger partial charge in [0.25, 0.3) is 0 Å². The van der Waals surface area contributed by atoms with Crippen LogP contribution in [0.15, 0.2) is 36.4 Å². The maximum absolute atomic E-state index is 15.2. The minimum absolute atomic E-state index is 0.114. The van der Waals surface area contributed by atoms with E-state index in [0.29, 0.717) is 56.9 Å². The van der Waals surface area contributed by atoms with Gasteiger partial charge in [0.2, 0.25) is 11.6 Å². The fourth-order valence-electron chi connectivity index (χ4n) is 6.62. The van der Waals surface area contributed by atoms with Gasteiger partial charge in [-0.3, -0.25) is 4.79 Å². The number of halogens is 6. The Kier molecular flexibility index (Phi) is 10.3. The molecule has 3 aromatic carbocycles. The molecule has 2 fully saturated rings. The monoisotopic (exact) mass is 634 g/mol. The predicted molar refractivity (Wildman–Crippen MR) is 156 cm³/mol. The van der Waals surface area contributed by atoms with Gasteiger partial charge in [0.15, 0.2) is 34.8 Å². The van der Waals surface area contributed by atoms with Crippen molar-refractivity contribution in [3.63, 3.8) is 0 Å². The van der Waals surface area contributed by atoms with E-state index in [2.05, 4.69) is 0 Å². The first-order valence-electron chi connectivity index (χ1n) is 15.5. The predicted octanol–water partition coefficient (Wildman–Crippen LogP) is 9.53. The highest BCUT2D eigenvalue weighted by Crippen LogP contribution is 2.42. The Morgan fingerprint density at radius 2 is 1.00 bits per heavy atom. The molecule has 0 heterocycles. The lowest BCUT2D eigenvalue weighted by Crippen LogP contribution is -2.30. The summed E-state index contributed by atoms with van der Waals surface area (Å²) in [6.45, 7) is 3.65. The van der Waals surface area contributed by atoms with Gasteiger partial charge in [0, 0.05) is 11.1 Å². The number of esters is 1. The molecule has 4 nitrogen and oxygen atoms in total. The van der Waals surface area contributed by atoms with Gasteiger partial charge in [-0.15, -0.1) is 0 Å². The Hall–Kier alpha value is -3.69. The van der Waals surface area contributed by atoms with Gasteiger partial charge in [-0.25, -0.2) is 17.6 Å². The summed E-state index contributed by atoms with van der Waals surface area (Å²) in [5.74, 6) is -8.55. The molecule has 0 amide bonds. The molecule has 0 spiro atoms. The summed E-state index contributed by atoms with van der Waals surface area (Å²) < 4.78 is 104. The molecule has 0 bridgehead atoms. The molecule has 0 radical (unpaired) electrons. The number of carbonyl (C=O) groups excluding carboxylic acids is 1. The van der Waals surface area contributed by atoms with E-state index in [-0.39, 0.29) is 60.1 Å². The summed E-state index contributed by atoms with van der Waals surface area (Å²) in [5.41, 5.74) is -0.368. The number of hydrogen-bond acceptors (Lipinski definition) is 4. The Morgan fingerprint density at radius 1 is 0.578 bits per heavy atom. The van der Waals surface area contributed by atoms with E-state index in [0.717, 1.165) is 6.07 Å². The van der Waals surface area contributed by atoms with Crippen molar-refractivity contribution in [2.24, 2.45) is 5.92 Å². The number of rotatable bonds is 9. The van der Waals surface area contributed by atoms with E-state index < -0.39 is 46.0 Å². The number of hydrogen-bond donors (Lipinski definition) is 0. The number of benzene rings is 3. The zero-order valence-corrected chi connectivity index (χ0v) is 25.2. The average Bonchev–Trinajstić information content (AvgIpc) is 3.04. The van der Waals surface area contributed by atoms with Crippen LogP contribution in [-0.4, -0.2) is 25.3 Å². The van der Waals surface area contributed by atoms with Gasteiger partial charge in [0.1, 0.15) is 6.10 Å². The van der Waals surface area contributed by atoms with Crippen molar-refractivity contribution < 1.29 is 45.3 Å². The lowest BCUT2D eigenvalue weighted by Gasteiger charge is -2.32. The molecule has 3 aromatic rings. The van der Waals surface area contributed by atoms with E-state index in [9.17, 15) is 22.4 Å². The molecule has 2 saturated carbocycles. The van der Waals surface area contributed by atoms with E-state index >= 15 is 8.78 Å². The second kappa shape index (κ2) is 14.2. The van der Waals surface area contributed by atoms with Crippen LogP contribution in [0, 0.1) is 40.8 Å². The molecule has 0 saturated heterocycles. The minimum Gasteiger partial charge on any atom is -0.491 e. The van der Waals surface area contributed by atoms with E-state index in [1.807, 2.05) is 0 Å². The third-order valence-electron chi connectivity index (χ3n) is 9.02. The normalized spacial score (nSPS) is 21.8. The topological polar surface area (TPSA) is 44.8 Å². The first kappa shape index (κ1) is 32.7. The molecule has 0 N–H and O–H groups in total. The molecule has 5 rings (SSSR count). The summed E-state index contributed by atoms with van der Waals surface area (Å²) in [6.07, 6.45) is 3.52. The lowest BCUT2D eigenvalue weighted by atomic mass is 9.78. The first-order valence-corrected chi connectivity index (χ1v) is 15.5. The van der Waals surface area contributed by atoms with Crippen molar-refractivity contribution in [3.8, 4) is 22.6 Å². The van der Waals surface area contributed by atoms with Gasteiger partial charge in [0.05, 0.1) is 19.1 Å². The molecule has 0 unspecified atom stereocenters. The summed E-state index contributed by atoms with van der Waals surface area (Å²) in [6, 6.07) is 7.97. The van der Waals surface area contributed by atoms with Crippen molar-refractivity contribution in [2.45, 2.75) is 83.2 Å². The Morgan fingerprint density at radius 3 is 1.56 bits per heavy atom. The van der Waals surface area contributed by atoms with Crippen molar-refractivity contribution in [3.05, 3.63) is 82.4 Å². The number of ether oxygens (including phenoxy) is 3. The SMILES string of the molecule is CCOc1ccc(-c2ccc(C3CCC(C(=O)OC4CCC(c5ccc(OCC)c(F)c5F)CC4)CC3)c(F)c2F)c(F)c1F. The third kappa shape index (κ3) is 6.79. The second-order valence-electron chi connectivity index (χ2n) is 11.7. The molecule has 0 atom stereocenters. The maximum Gasteiger partial charge on any atom is 0.309 e. The van der Waals surface area contributed by atoms with Gasteiger partial charge >= 0.3 is 5.97 Å². The van der Waals surface area contributed by atoms with Crippen LogP contribution >= 0.6 is 0 Å². The summed E-state index contributed by atoms with van der Waals surface area (Å²) in [4.78, 5) is 13.0. The largest absolute Gasteiger partial charge is 0.491 e. The van der Waals surface area contributed by atoms with Crippen LogP contribution in [0.3, 0.4) is 0 Å². The van der Waals surface area contributed by atoms with Crippen LogP contribution in [-0.2, 0) is 9.53 Å². The van der Waals surface area contributed by atoms with Gasteiger partial charge in [-0.1, -0.05) is 18.2 Å². The smallest absolute Gasteiger partial charge is 0.309 e. The van der Waals surface area contributed by atoms with E-state index in [4.69, 9.17) is 14.2 Å². The molecule has 2 aliphatic carbocycles. The fourth-order valence-corrected chi connectivity index (χ4v) is 6.62. The molecule has 45 heavy (non-hydrogen) atoms. The Bertz CT molecular complexity index is 1530. The van der Waals surface area contributed by atoms with Crippen LogP contribution in [0.4, 0.5) is 26.3 Å². The van der Waals surface area contributed by atoms with Gasteiger partial charge in [-0.05, 0) is 106 Å². The summed E-state index contributed by atoms with van der Waals surface area (Å²) >= 11 is 0. The Labute approximate surface area is 258 Å². The minimum atomic E-state index is -1.32. The van der Waals surface area contributed by atoms with Crippen molar-refractivity contribution >= 4 is 5.97 Å². The zero-order valence-electron chi connectivity index (χ0n) is 25.2. The number of carbonyl (C=O) groups is 1. The van der Waals surface area contributed by atoms with E-state index in [1.165, 1.54) is 24.3 Å². The summed E-state index contributed by atoms with van der Waals surface area (Å²) in [7, 11) is 0. The average molecular weight is 635 g/mol. The molecular formula is C35H36F6O4. The molecular weight excluding hydrogens is 598 g/mol. The van der Waals surface area contributed by atoms with Crippen molar-refractivity contribution in [2.75, 3.05) is 13.2 Å². The van der Waals surface area contributed by atoms with Crippen molar-refractivity contribution in [1.82, 2.24) is 0 Å². The standard InChI is InChI=1S/C35H36F6O4/c1-3-43-27-17-15-24(30(37)33(27)40)20-9-11-22(12-10-20)45-35(42)21-7-5-19(6-8-21)23-13-14-25(31(38)29(23)36)26-16-18-28(44-4-2)34(41)32(26)39/h13-22H,3-12H2,1-2H3. The van der Waals surface area contributed by atoms with E-state index in [1.54, 1.807) is 19.9 Å². The Balaban J connectivity index is 1.15. The molecule has 242 valence electrons. The summed E-state index contributed by atoms with van der Waals surface area (Å²) in [5, 5.41) is 0. The molecule has 2 aliphatic rings. The molecule has 10 heteroatoms. The van der Waals surface area contributed by atoms with Gasteiger partial charge in [-0.2, -0.15) is 8.78 Å². The molecule has 0 aliphatic heterocycles. The first-order chi connectivity index (χ1) is 21.6. The van der Waals surface area contributed by atoms with Crippen LogP contribution in [0.25, 0.3) is 11.1 Å². The third-order valence-corrected chi connectivity index (χ3v) is 9.02. The fraction of sp³-hybridized carbons (Fsp3) is 0.457. The van der Waals surface area contributed by atoms with Crippen LogP contribution < -0.4 is 9.47 Å². The highest BCUT2D eigenvalue weighted by atomic mass is 19.2. The van der Waals surface area contributed by atoms with Crippen LogP contribution in [0.2, 0.25) is 0 Å². The zero-order chi connectivity index (χ0) is 32.2. The lowest BCUT2D eigenvalue weighted by molar-refractivity contribution is -0.157. The highest BCUT2D eigenvalue weighted by molar-refractivity contribution is 5.73. The maximum atomic E-state index is 15.2. The van der Waals surface area contributed by atoms with Gasteiger partial charge < -0.3 is 14.2 Å². The van der Waals surface area contributed by atoms with Crippen LogP contribution in [0.5, 0.6) is 11.5 Å². The van der Waals surface area contributed by atoms with Crippen LogP contribution in [0.1, 0.15) is 88.2 Å². The quantitative estimate of drug-likeness (QED) is 0.174. The highest BCUT2D eigenvalue weighted by Gasteiger charge is 2.34. The molecule has 0 aromatic heterocycles. The van der Waals surface area contributed by atoms with Crippen molar-refractivity contribution in [1.29, 1.82) is 0 Å². The second-order valence-corrected chi connectivity index (χ2v) is 11.7.